The SMILES string of the molecule is CCC(CC)c1nnc(NC(=O)c2cc(-c3ccco3)nc3ccccc23)s1. The Labute approximate surface area is 166 Å². The van der Waals surface area contributed by atoms with E-state index in [4.69, 9.17) is 4.42 Å². The van der Waals surface area contributed by atoms with Gasteiger partial charge in [-0.25, -0.2) is 4.98 Å². The fourth-order valence-electron chi connectivity index (χ4n) is 3.17. The van der Waals surface area contributed by atoms with Crippen molar-refractivity contribution in [2.24, 2.45) is 0 Å². The van der Waals surface area contributed by atoms with Gasteiger partial charge < -0.3 is 4.42 Å². The van der Waals surface area contributed by atoms with E-state index in [1.54, 1.807) is 18.4 Å². The standard InChI is InChI=1S/C21H20N4O2S/c1-3-13(4-2)20-24-25-21(28-20)23-19(26)15-12-17(18-10-7-11-27-18)22-16-9-6-5-8-14(15)16/h5-13H,3-4H2,1-2H3,(H,23,25,26). The maximum absolute atomic E-state index is 13.0. The van der Waals surface area contributed by atoms with E-state index in [0.717, 1.165) is 28.8 Å². The van der Waals surface area contributed by atoms with Crippen LogP contribution in [0.3, 0.4) is 0 Å². The largest absolute Gasteiger partial charge is 0.463 e. The van der Waals surface area contributed by atoms with Gasteiger partial charge in [-0.1, -0.05) is 43.4 Å². The van der Waals surface area contributed by atoms with E-state index in [1.165, 1.54) is 11.3 Å². The molecule has 0 unspecified atom stereocenters. The molecular formula is C21H20N4O2S. The van der Waals surface area contributed by atoms with Gasteiger partial charge in [0, 0.05) is 11.3 Å². The third-order valence-corrected chi connectivity index (χ3v) is 5.73. The van der Waals surface area contributed by atoms with Gasteiger partial charge in [0.1, 0.15) is 10.7 Å². The van der Waals surface area contributed by atoms with Crippen molar-refractivity contribution in [2.75, 3.05) is 5.32 Å². The van der Waals surface area contributed by atoms with Gasteiger partial charge in [-0.2, -0.15) is 0 Å². The van der Waals surface area contributed by atoms with Crippen molar-refractivity contribution in [1.29, 1.82) is 0 Å². The Kier molecular flexibility index (Phi) is 5.16. The molecule has 1 N–H and O–H groups in total. The Bertz CT molecular complexity index is 1100. The van der Waals surface area contributed by atoms with Gasteiger partial charge in [-0.05, 0) is 37.1 Å². The summed E-state index contributed by atoms with van der Waals surface area (Å²) >= 11 is 1.43. The lowest BCUT2D eigenvalue weighted by Gasteiger charge is -2.08. The molecule has 0 saturated heterocycles. The van der Waals surface area contributed by atoms with Crippen molar-refractivity contribution in [3.8, 4) is 11.5 Å². The molecule has 0 radical (unpaired) electrons. The normalized spacial score (nSPS) is 11.2. The van der Waals surface area contributed by atoms with Crippen LogP contribution in [0, 0.1) is 0 Å². The molecule has 0 atom stereocenters. The second-order valence-electron chi connectivity index (χ2n) is 6.46. The number of carbonyl (C=O) groups excluding carboxylic acids is 1. The summed E-state index contributed by atoms with van der Waals surface area (Å²) in [6, 6.07) is 12.9. The molecule has 0 aliphatic rings. The summed E-state index contributed by atoms with van der Waals surface area (Å²) in [5, 5.41) is 13.5. The highest BCUT2D eigenvalue weighted by Crippen LogP contribution is 2.29. The maximum atomic E-state index is 13.0. The Hall–Kier alpha value is -3.06. The van der Waals surface area contributed by atoms with Gasteiger partial charge in [0.15, 0.2) is 5.76 Å². The molecule has 142 valence electrons. The Morgan fingerprint density at radius 3 is 2.71 bits per heavy atom. The zero-order chi connectivity index (χ0) is 19.5. The second-order valence-corrected chi connectivity index (χ2v) is 7.47. The number of fused-ring (bicyclic) bond motifs is 1. The van der Waals surface area contributed by atoms with Gasteiger partial charge in [0.2, 0.25) is 5.13 Å². The first-order chi connectivity index (χ1) is 13.7. The fourth-order valence-corrected chi connectivity index (χ4v) is 4.17. The summed E-state index contributed by atoms with van der Waals surface area (Å²) in [6.07, 6.45) is 3.59. The Morgan fingerprint density at radius 2 is 1.96 bits per heavy atom. The quantitative estimate of drug-likeness (QED) is 0.468. The molecule has 0 bridgehead atoms. The molecule has 0 aliphatic heterocycles. The highest BCUT2D eigenvalue weighted by atomic mass is 32.1. The topological polar surface area (TPSA) is 80.9 Å². The molecule has 6 nitrogen and oxygen atoms in total. The van der Waals surface area contributed by atoms with E-state index in [9.17, 15) is 4.79 Å². The summed E-state index contributed by atoms with van der Waals surface area (Å²) < 4.78 is 5.46. The van der Waals surface area contributed by atoms with E-state index in [-0.39, 0.29) is 5.91 Å². The summed E-state index contributed by atoms with van der Waals surface area (Å²) in [6.45, 7) is 4.26. The van der Waals surface area contributed by atoms with Crippen LogP contribution in [-0.4, -0.2) is 21.1 Å². The minimum atomic E-state index is -0.237. The summed E-state index contributed by atoms with van der Waals surface area (Å²) in [4.78, 5) is 17.7. The van der Waals surface area contributed by atoms with Gasteiger partial charge >= 0.3 is 0 Å². The average Bonchev–Trinajstić information content (AvgIpc) is 3.41. The second kappa shape index (κ2) is 7.90. The third kappa shape index (κ3) is 3.53. The lowest BCUT2D eigenvalue weighted by molar-refractivity contribution is 0.102. The molecule has 0 saturated carbocycles. The van der Waals surface area contributed by atoms with E-state index in [0.29, 0.717) is 28.1 Å². The van der Waals surface area contributed by atoms with Crippen molar-refractivity contribution >= 4 is 33.3 Å². The predicted octanol–water partition coefficient (Wildman–Crippen LogP) is 5.50. The molecule has 4 aromatic rings. The van der Waals surface area contributed by atoms with E-state index >= 15 is 0 Å². The number of rotatable bonds is 6. The van der Waals surface area contributed by atoms with Crippen LogP contribution in [0.2, 0.25) is 0 Å². The van der Waals surface area contributed by atoms with Crippen molar-refractivity contribution < 1.29 is 9.21 Å². The number of hydrogen-bond donors (Lipinski definition) is 1. The first kappa shape index (κ1) is 18.3. The van der Waals surface area contributed by atoms with Crippen LogP contribution < -0.4 is 5.32 Å². The van der Waals surface area contributed by atoms with Crippen molar-refractivity contribution in [3.05, 3.63) is 59.3 Å². The van der Waals surface area contributed by atoms with Crippen LogP contribution in [0.1, 0.15) is 48.0 Å². The van der Waals surface area contributed by atoms with Crippen LogP contribution in [0.4, 0.5) is 5.13 Å². The van der Waals surface area contributed by atoms with Gasteiger partial charge in [-0.15, -0.1) is 10.2 Å². The molecule has 4 rings (SSSR count). The number of furan rings is 1. The first-order valence-corrected chi connectivity index (χ1v) is 10.1. The molecule has 0 aliphatic carbocycles. The summed E-state index contributed by atoms with van der Waals surface area (Å²) in [5.74, 6) is 0.751. The van der Waals surface area contributed by atoms with Crippen LogP contribution in [0.15, 0.2) is 53.1 Å². The van der Waals surface area contributed by atoms with E-state index in [1.807, 2.05) is 30.3 Å². The molecule has 3 heterocycles. The molecule has 0 spiro atoms. The number of pyridine rings is 1. The molecule has 1 amide bonds. The molecular weight excluding hydrogens is 372 g/mol. The first-order valence-electron chi connectivity index (χ1n) is 9.28. The molecule has 28 heavy (non-hydrogen) atoms. The van der Waals surface area contributed by atoms with Crippen molar-refractivity contribution in [3.63, 3.8) is 0 Å². The minimum Gasteiger partial charge on any atom is -0.463 e. The molecule has 7 heteroatoms. The van der Waals surface area contributed by atoms with Crippen LogP contribution in [0.5, 0.6) is 0 Å². The van der Waals surface area contributed by atoms with Crippen LogP contribution >= 0.6 is 11.3 Å². The predicted molar refractivity (Wildman–Crippen MR) is 111 cm³/mol. The van der Waals surface area contributed by atoms with Gasteiger partial charge in [-0.3, -0.25) is 10.1 Å². The Morgan fingerprint density at radius 1 is 1.14 bits per heavy atom. The third-order valence-electron chi connectivity index (χ3n) is 4.73. The smallest absolute Gasteiger partial charge is 0.258 e. The number of para-hydroxylation sites is 1. The number of amides is 1. The number of benzene rings is 1. The Balaban J connectivity index is 1.69. The molecule has 3 aromatic heterocycles. The molecule has 0 fully saturated rings. The summed E-state index contributed by atoms with van der Waals surface area (Å²) in [7, 11) is 0. The highest BCUT2D eigenvalue weighted by Gasteiger charge is 2.18. The van der Waals surface area contributed by atoms with Crippen molar-refractivity contribution in [1.82, 2.24) is 15.2 Å². The van der Waals surface area contributed by atoms with Crippen LogP contribution in [-0.2, 0) is 0 Å². The number of nitrogens with one attached hydrogen (secondary N) is 1. The lowest BCUT2D eigenvalue weighted by Crippen LogP contribution is -2.13. The number of nitrogens with zero attached hydrogens (tertiary/aromatic N) is 3. The fraction of sp³-hybridized carbons (Fsp3) is 0.238. The van der Waals surface area contributed by atoms with Crippen molar-refractivity contribution in [2.45, 2.75) is 32.6 Å². The average molecular weight is 392 g/mol. The van der Waals surface area contributed by atoms with E-state index in [2.05, 4.69) is 34.3 Å². The van der Waals surface area contributed by atoms with E-state index < -0.39 is 0 Å². The lowest BCUT2D eigenvalue weighted by atomic mass is 10.1. The number of aromatic nitrogens is 3. The zero-order valence-corrected chi connectivity index (χ0v) is 16.5. The number of carbonyl (C=O) groups is 1. The number of anilines is 1. The highest BCUT2D eigenvalue weighted by molar-refractivity contribution is 7.15. The van der Waals surface area contributed by atoms with Crippen LogP contribution in [0.25, 0.3) is 22.4 Å². The van der Waals surface area contributed by atoms with Gasteiger partial charge in [0.25, 0.3) is 5.91 Å². The minimum absolute atomic E-state index is 0.237. The summed E-state index contributed by atoms with van der Waals surface area (Å²) in [5.41, 5.74) is 1.87. The zero-order valence-electron chi connectivity index (χ0n) is 15.7. The number of hydrogen-bond acceptors (Lipinski definition) is 6. The monoisotopic (exact) mass is 392 g/mol. The maximum Gasteiger partial charge on any atom is 0.258 e. The van der Waals surface area contributed by atoms with Gasteiger partial charge in [0.05, 0.1) is 17.3 Å². The molecule has 1 aromatic carbocycles.